The highest BCUT2D eigenvalue weighted by atomic mass is 32.2. The molecule has 1 heterocycles. The normalized spacial score (nSPS) is 15.4. The van der Waals surface area contributed by atoms with Gasteiger partial charge in [-0.2, -0.15) is 0 Å². The Morgan fingerprint density at radius 3 is 2.16 bits per heavy atom. The van der Waals surface area contributed by atoms with E-state index < -0.39 is 9.84 Å². The lowest BCUT2D eigenvalue weighted by atomic mass is 10.0. The monoisotopic (exact) mass is 452 g/mol. The van der Waals surface area contributed by atoms with E-state index in [1.54, 1.807) is 54.6 Å². The van der Waals surface area contributed by atoms with Crippen molar-refractivity contribution in [3.63, 3.8) is 0 Å². The van der Waals surface area contributed by atoms with Crippen LogP contribution in [0.4, 0.5) is 5.69 Å². The van der Waals surface area contributed by atoms with E-state index in [1.165, 1.54) is 18.0 Å². The van der Waals surface area contributed by atoms with Gasteiger partial charge in [-0.3, -0.25) is 9.59 Å². The third-order valence-electron chi connectivity index (χ3n) is 5.03. The Morgan fingerprint density at radius 2 is 1.52 bits per heavy atom. The van der Waals surface area contributed by atoms with E-state index in [1.807, 2.05) is 30.1 Å². The molecular formula is C23H20N2O4S2. The molecule has 0 bridgehead atoms. The van der Waals surface area contributed by atoms with Crippen LogP contribution in [0.15, 0.2) is 82.6 Å². The molecule has 0 fully saturated rings. The van der Waals surface area contributed by atoms with Crippen LogP contribution in [-0.2, 0) is 9.84 Å². The quantitative estimate of drug-likeness (QED) is 0.596. The number of sulfone groups is 1. The Morgan fingerprint density at radius 1 is 0.903 bits per heavy atom. The van der Waals surface area contributed by atoms with Crippen molar-refractivity contribution in [3.05, 3.63) is 89.5 Å². The number of anilines is 1. The molecule has 0 spiro atoms. The average Bonchev–Trinajstić information content (AvgIpc) is 3.08. The van der Waals surface area contributed by atoms with Gasteiger partial charge in [-0.25, -0.2) is 8.42 Å². The predicted molar refractivity (Wildman–Crippen MR) is 121 cm³/mol. The molecule has 1 aliphatic rings. The largest absolute Gasteiger partial charge is 0.345 e. The molecule has 0 aromatic heterocycles. The molecule has 6 nitrogen and oxygen atoms in total. The molecule has 3 aromatic carbocycles. The van der Waals surface area contributed by atoms with E-state index in [0.29, 0.717) is 16.7 Å². The van der Waals surface area contributed by atoms with Gasteiger partial charge in [0.05, 0.1) is 10.6 Å². The molecule has 0 saturated heterocycles. The standard InChI is InChI=1S/C23H20N2O4S2/c1-25-19-13-12-18(31(2,28)29)14-20(19)30-23(25)24-22(27)17-10-8-16(9-11-17)21(26)15-6-4-3-5-7-15/h3-14,23H,1-2H3,(H,24,27). The summed E-state index contributed by atoms with van der Waals surface area (Å²) in [4.78, 5) is 28.2. The number of fused-ring (bicyclic) bond motifs is 1. The Balaban J connectivity index is 1.46. The second-order valence-electron chi connectivity index (χ2n) is 7.23. The van der Waals surface area contributed by atoms with E-state index in [0.717, 1.165) is 10.6 Å². The zero-order valence-electron chi connectivity index (χ0n) is 16.9. The van der Waals surface area contributed by atoms with Crippen LogP contribution >= 0.6 is 11.8 Å². The van der Waals surface area contributed by atoms with Crippen LogP contribution in [0.25, 0.3) is 0 Å². The van der Waals surface area contributed by atoms with Gasteiger partial charge in [-0.05, 0) is 30.3 Å². The summed E-state index contributed by atoms with van der Waals surface area (Å²) in [5.41, 5.74) is 2.02. The SMILES string of the molecule is CN1c2ccc(S(C)(=O)=O)cc2SC1NC(=O)c1ccc(C(=O)c2ccccc2)cc1. The van der Waals surface area contributed by atoms with Crippen molar-refractivity contribution in [2.75, 3.05) is 18.2 Å². The zero-order valence-corrected chi connectivity index (χ0v) is 18.5. The molecule has 3 aromatic rings. The molecule has 1 unspecified atom stereocenters. The van der Waals surface area contributed by atoms with Crippen LogP contribution < -0.4 is 10.2 Å². The van der Waals surface area contributed by atoms with Crippen LogP contribution in [0, 0.1) is 0 Å². The van der Waals surface area contributed by atoms with Crippen LogP contribution in [-0.4, -0.2) is 38.9 Å². The van der Waals surface area contributed by atoms with E-state index in [4.69, 9.17) is 0 Å². The minimum atomic E-state index is -3.30. The number of amides is 1. The van der Waals surface area contributed by atoms with Crippen LogP contribution in [0.3, 0.4) is 0 Å². The van der Waals surface area contributed by atoms with Crippen LogP contribution in [0.1, 0.15) is 26.3 Å². The van der Waals surface area contributed by atoms with Crippen LogP contribution in [0.2, 0.25) is 0 Å². The van der Waals surface area contributed by atoms with E-state index >= 15 is 0 Å². The Labute approximate surface area is 185 Å². The van der Waals surface area contributed by atoms with Crippen molar-refractivity contribution in [3.8, 4) is 0 Å². The highest BCUT2D eigenvalue weighted by molar-refractivity contribution is 8.00. The van der Waals surface area contributed by atoms with E-state index in [-0.39, 0.29) is 22.1 Å². The second-order valence-corrected chi connectivity index (χ2v) is 10.4. The highest BCUT2D eigenvalue weighted by Gasteiger charge is 2.30. The van der Waals surface area contributed by atoms with Crippen molar-refractivity contribution in [1.29, 1.82) is 0 Å². The van der Waals surface area contributed by atoms with Gasteiger partial charge in [-0.15, -0.1) is 0 Å². The summed E-state index contributed by atoms with van der Waals surface area (Å²) in [6.07, 6.45) is 1.17. The average molecular weight is 453 g/mol. The topological polar surface area (TPSA) is 83.6 Å². The summed E-state index contributed by atoms with van der Waals surface area (Å²) in [5, 5.41) is 2.95. The first-order chi connectivity index (χ1) is 14.7. The van der Waals surface area contributed by atoms with Gasteiger partial charge in [0.1, 0.15) is 0 Å². The second kappa shape index (κ2) is 8.20. The molecular weight excluding hydrogens is 432 g/mol. The highest BCUT2D eigenvalue weighted by Crippen LogP contribution is 2.42. The molecule has 158 valence electrons. The fourth-order valence-electron chi connectivity index (χ4n) is 3.29. The first kappa shape index (κ1) is 21.1. The number of thioether (sulfide) groups is 1. The number of benzene rings is 3. The Bertz CT molecular complexity index is 1260. The summed E-state index contributed by atoms with van der Waals surface area (Å²) in [6, 6.07) is 20.4. The van der Waals surface area contributed by atoms with Gasteiger partial charge in [0.15, 0.2) is 21.1 Å². The van der Waals surface area contributed by atoms with E-state index in [9.17, 15) is 18.0 Å². The molecule has 1 atom stereocenters. The van der Waals surface area contributed by atoms with Gasteiger partial charge in [0.25, 0.3) is 5.91 Å². The van der Waals surface area contributed by atoms with E-state index in [2.05, 4.69) is 5.32 Å². The van der Waals surface area contributed by atoms with Crippen molar-refractivity contribution in [2.45, 2.75) is 15.3 Å². The number of hydrogen-bond donors (Lipinski definition) is 1. The number of hydrogen-bond acceptors (Lipinski definition) is 6. The predicted octanol–water partition coefficient (Wildman–Crippen LogP) is 3.58. The van der Waals surface area contributed by atoms with Gasteiger partial charge >= 0.3 is 0 Å². The molecule has 1 aliphatic heterocycles. The molecule has 1 amide bonds. The maximum atomic E-state index is 12.7. The molecule has 0 saturated carbocycles. The Kier molecular flexibility index (Phi) is 5.60. The minimum absolute atomic E-state index is 0.101. The number of nitrogens with one attached hydrogen (secondary N) is 1. The first-order valence-corrected chi connectivity index (χ1v) is 12.3. The zero-order chi connectivity index (χ0) is 22.2. The summed E-state index contributed by atoms with van der Waals surface area (Å²) in [5.74, 6) is -0.380. The maximum Gasteiger partial charge on any atom is 0.253 e. The molecule has 8 heteroatoms. The molecule has 31 heavy (non-hydrogen) atoms. The smallest absolute Gasteiger partial charge is 0.253 e. The number of rotatable bonds is 5. The van der Waals surface area contributed by atoms with Gasteiger partial charge in [-0.1, -0.05) is 54.2 Å². The van der Waals surface area contributed by atoms with Crippen molar-refractivity contribution >= 4 is 39.0 Å². The summed E-state index contributed by atoms with van der Waals surface area (Å²) < 4.78 is 23.6. The first-order valence-electron chi connectivity index (χ1n) is 9.48. The van der Waals surface area contributed by atoms with Gasteiger partial charge in [0, 0.05) is 34.9 Å². The third-order valence-corrected chi connectivity index (χ3v) is 7.38. The fourth-order valence-corrected chi connectivity index (χ4v) is 5.22. The molecule has 1 N–H and O–H groups in total. The number of nitrogens with zero attached hydrogens (tertiary/aromatic N) is 1. The summed E-state index contributed by atoms with van der Waals surface area (Å²) >= 11 is 1.38. The number of carbonyl (C=O) groups is 2. The maximum absolute atomic E-state index is 12.7. The summed E-state index contributed by atoms with van der Waals surface area (Å²) in [7, 11) is -1.46. The Hall–Kier alpha value is -3.10. The minimum Gasteiger partial charge on any atom is -0.345 e. The lowest BCUT2D eigenvalue weighted by Crippen LogP contribution is -2.41. The van der Waals surface area contributed by atoms with Crippen LogP contribution in [0.5, 0.6) is 0 Å². The molecule has 4 rings (SSSR count). The number of carbonyl (C=O) groups excluding carboxylic acids is 2. The van der Waals surface area contributed by atoms with Crippen molar-refractivity contribution in [2.24, 2.45) is 0 Å². The third kappa shape index (κ3) is 4.35. The number of ketones is 1. The van der Waals surface area contributed by atoms with Gasteiger partial charge < -0.3 is 10.2 Å². The van der Waals surface area contributed by atoms with Gasteiger partial charge in [0.2, 0.25) is 0 Å². The fraction of sp³-hybridized carbons (Fsp3) is 0.130. The van der Waals surface area contributed by atoms with Crippen molar-refractivity contribution < 1.29 is 18.0 Å². The lowest BCUT2D eigenvalue weighted by Gasteiger charge is -2.22. The van der Waals surface area contributed by atoms with Crippen molar-refractivity contribution in [1.82, 2.24) is 5.32 Å². The molecule has 0 aliphatic carbocycles. The summed E-state index contributed by atoms with van der Waals surface area (Å²) in [6.45, 7) is 0. The molecule has 0 radical (unpaired) electrons. The lowest BCUT2D eigenvalue weighted by molar-refractivity contribution is 0.0948.